The molecule has 104 valence electrons. The standard InChI is InChI=1S/C14H20N2O3/c1-14(12(17)16(15)13(18)19-14)11-9-3-7-2-8(5-9)6-10(11)4-7/h7-11H,2-6,15H2,1H3. The number of carbonyl (C=O) groups is 2. The number of rotatable bonds is 1. The van der Waals surface area contributed by atoms with Gasteiger partial charge in [0, 0.05) is 5.92 Å². The van der Waals surface area contributed by atoms with Crippen LogP contribution in [-0.2, 0) is 9.53 Å². The number of imide groups is 1. The van der Waals surface area contributed by atoms with E-state index in [9.17, 15) is 9.59 Å². The van der Waals surface area contributed by atoms with Gasteiger partial charge in [0.2, 0.25) is 0 Å². The summed E-state index contributed by atoms with van der Waals surface area (Å²) in [5.41, 5.74) is -1.02. The Labute approximate surface area is 112 Å². The third-order valence-corrected chi connectivity index (χ3v) is 6.00. The molecule has 1 aliphatic heterocycles. The number of cyclic esters (lactones) is 1. The van der Waals surface area contributed by atoms with E-state index < -0.39 is 11.7 Å². The minimum absolute atomic E-state index is 0.172. The predicted octanol–water partition coefficient (Wildman–Crippen LogP) is 1.67. The van der Waals surface area contributed by atoms with Crippen LogP contribution in [-0.4, -0.2) is 22.6 Å². The van der Waals surface area contributed by atoms with Crippen molar-refractivity contribution < 1.29 is 14.3 Å². The molecule has 5 heteroatoms. The minimum Gasteiger partial charge on any atom is -0.431 e. The molecule has 1 unspecified atom stereocenters. The van der Waals surface area contributed by atoms with Crippen molar-refractivity contribution >= 4 is 12.0 Å². The van der Waals surface area contributed by atoms with Crippen LogP contribution in [0.1, 0.15) is 39.0 Å². The topological polar surface area (TPSA) is 72.6 Å². The van der Waals surface area contributed by atoms with E-state index in [0.717, 1.165) is 11.8 Å². The molecule has 0 spiro atoms. The Bertz CT molecular complexity index is 436. The van der Waals surface area contributed by atoms with Gasteiger partial charge < -0.3 is 4.74 Å². The summed E-state index contributed by atoms with van der Waals surface area (Å²) in [4.78, 5) is 23.9. The van der Waals surface area contributed by atoms with E-state index in [2.05, 4.69) is 0 Å². The average Bonchev–Trinajstić information content (AvgIpc) is 2.52. The smallest absolute Gasteiger partial charge is 0.431 e. The second-order valence-corrected chi connectivity index (χ2v) is 7.11. The maximum Gasteiger partial charge on any atom is 0.432 e. The Morgan fingerprint density at radius 3 is 2.05 bits per heavy atom. The summed E-state index contributed by atoms with van der Waals surface area (Å²) in [5, 5.41) is 0.658. The van der Waals surface area contributed by atoms with Crippen LogP contribution in [0.25, 0.3) is 0 Å². The summed E-state index contributed by atoms with van der Waals surface area (Å²) >= 11 is 0. The van der Waals surface area contributed by atoms with Crippen LogP contribution in [0.3, 0.4) is 0 Å². The van der Waals surface area contributed by atoms with E-state index >= 15 is 0 Å². The van der Waals surface area contributed by atoms with Crippen LogP contribution in [0.5, 0.6) is 0 Å². The van der Waals surface area contributed by atoms with Gasteiger partial charge in [-0.05, 0) is 62.7 Å². The maximum absolute atomic E-state index is 12.3. The van der Waals surface area contributed by atoms with Crippen LogP contribution < -0.4 is 5.84 Å². The third kappa shape index (κ3) is 1.39. The van der Waals surface area contributed by atoms with Crippen LogP contribution >= 0.6 is 0 Å². The largest absolute Gasteiger partial charge is 0.432 e. The lowest BCUT2D eigenvalue weighted by Crippen LogP contribution is -2.57. The molecule has 5 rings (SSSR count). The Morgan fingerprint density at radius 2 is 1.63 bits per heavy atom. The molecule has 1 heterocycles. The van der Waals surface area contributed by atoms with Crippen molar-refractivity contribution in [2.45, 2.75) is 44.6 Å². The molecule has 0 radical (unpaired) electrons. The van der Waals surface area contributed by atoms with Crippen molar-refractivity contribution in [1.29, 1.82) is 0 Å². The summed E-state index contributed by atoms with van der Waals surface area (Å²) in [7, 11) is 0. The van der Waals surface area contributed by atoms with Gasteiger partial charge >= 0.3 is 6.09 Å². The average molecular weight is 264 g/mol. The highest BCUT2D eigenvalue weighted by Crippen LogP contribution is 2.60. The fourth-order valence-electron chi connectivity index (χ4n) is 5.63. The number of carbonyl (C=O) groups excluding carboxylic acids is 2. The highest BCUT2D eigenvalue weighted by Gasteiger charge is 2.62. The number of amides is 2. The third-order valence-electron chi connectivity index (χ3n) is 6.00. The van der Waals surface area contributed by atoms with Gasteiger partial charge in [0.15, 0.2) is 5.60 Å². The van der Waals surface area contributed by atoms with Gasteiger partial charge in [0.25, 0.3) is 5.91 Å². The lowest BCUT2D eigenvalue weighted by molar-refractivity contribution is -0.157. The molecule has 1 saturated heterocycles. The molecule has 4 aliphatic carbocycles. The Hall–Kier alpha value is -1.10. The zero-order chi connectivity index (χ0) is 13.4. The molecule has 4 bridgehead atoms. The monoisotopic (exact) mass is 264 g/mol. The van der Waals surface area contributed by atoms with Gasteiger partial charge in [-0.1, -0.05) is 0 Å². The van der Waals surface area contributed by atoms with Crippen molar-refractivity contribution in [2.24, 2.45) is 35.4 Å². The molecule has 19 heavy (non-hydrogen) atoms. The number of hydrogen-bond acceptors (Lipinski definition) is 4. The second-order valence-electron chi connectivity index (χ2n) is 7.11. The first kappa shape index (κ1) is 11.7. The van der Waals surface area contributed by atoms with Gasteiger partial charge in [0.1, 0.15) is 0 Å². The predicted molar refractivity (Wildman–Crippen MR) is 66.5 cm³/mol. The van der Waals surface area contributed by atoms with Crippen LogP contribution in [0.2, 0.25) is 0 Å². The number of hydrazine groups is 1. The lowest BCUT2D eigenvalue weighted by atomic mass is 9.49. The SMILES string of the molecule is CC1(C2C3CC4CC(C3)CC2C4)OC(=O)N(N)C1=O. The molecule has 0 aromatic carbocycles. The minimum atomic E-state index is -1.02. The van der Waals surface area contributed by atoms with E-state index in [-0.39, 0.29) is 11.8 Å². The molecule has 5 nitrogen and oxygen atoms in total. The quantitative estimate of drug-likeness (QED) is 0.577. The summed E-state index contributed by atoms with van der Waals surface area (Å²) in [6.45, 7) is 1.77. The molecule has 4 saturated carbocycles. The molecule has 2 amide bonds. The zero-order valence-corrected chi connectivity index (χ0v) is 11.2. The van der Waals surface area contributed by atoms with Crippen LogP contribution in [0, 0.1) is 29.6 Å². The summed E-state index contributed by atoms with van der Waals surface area (Å²) in [5.74, 6) is 8.06. The summed E-state index contributed by atoms with van der Waals surface area (Å²) in [6, 6.07) is 0. The number of ether oxygens (including phenoxy) is 1. The number of nitrogens with zero attached hydrogens (tertiary/aromatic N) is 1. The first-order valence-corrected chi connectivity index (χ1v) is 7.31. The lowest BCUT2D eigenvalue weighted by Gasteiger charge is -2.57. The van der Waals surface area contributed by atoms with Gasteiger partial charge in [-0.25, -0.2) is 10.6 Å². The highest BCUT2D eigenvalue weighted by molar-refractivity contribution is 6.02. The highest BCUT2D eigenvalue weighted by atomic mass is 16.6. The van der Waals surface area contributed by atoms with Crippen molar-refractivity contribution in [3.63, 3.8) is 0 Å². The summed E-state index contributed by atoms with van der Waals surface area (Å²) < 4.78 is 5.41. The van der Waals surface area contributed by atoms with Crippen molar-refractivity contribution in [3.8, 4) is 0 Å². The van der Waals surface area contributed by atoms with Gasteiger partial charge in [-0.2, -0.15) is 5.01 Å². The first-order chi connectivity index (χ1) is 8.99. The normalized spacial score (nSPS) is 51.9. The fourth-order valence-corrected chi connectivity index (χ4v) is 5.63. The molecular formula is C14H20N2O3. The Balaban J connectivity index is 1.69. The first-order valence-electron chi connectivity index (χ1n) is 7.31. The van der Waals surface area contributed by atoms with E-state index in [1.54, 1.807) is 6.92 Å². The van der Waals surface area contributed by atoms with E-state index in [1.807, 2.05) is 0 Å². The molecular weight excluding hydrogens is 244 g/mol. The van der Waals surface area contributed by atoms with Gasteiger partial charge in [-0.15, -0.1) is 0 Å². The molecule has 2 N–H and O–H groups in total. The van der Waals surface area contributed by atoms with Crippen molar-refractivity contribution in [2.75, 3.05) is 0 Å². The zero-order valence-electron chi connectivity index (χ0n) is 11.2. The molecule has 0 aromatic rings. The molecule has 5 fully saturated rings. The van der Waals surface area contributed by atoms with E-state index in [4.69, 9.17) is 10.6 Å². The Kier molecular flexibility index (Phi) is 2.16. The second kappa shape index (κ2) is 3.51. The number of nitrogens with two attached hydrogens (primary N) is 1. The fraction of sp³-hybridized carbons (Fsp3) is 0.857. The number of hydrogen-bond donors (Lipinski definition) is 1. The van der Waals surface area contributed by atoms with Crippen molar-refractivity contribution in [3.05, 3.63) is 0 Å². The van der Waals surface area contributed by atoms with Crippen LogP contribution in [0.4, 0.5) is 4.79 Å². The molecule has 0 aromatic heterocycles. The van der Waals surface area contributed by atoms with Crippen LogP contribution in [0.15, 0.2) is 0 Å². The van der Waals surface area contributed by atoms with E-state index in [0.29, 0.717) is 16.8 Å². The van der Waals surface area contributed by atoms with E-state index in [1.165, 1.54) is 32.1 Å². The van der Waals surface area contributed by atoms with Crippen molar-refractivity contribution in [1.82, 2.24) is 5.01 Å². The summed E-state index contributed by atoms with van der Waals surface area (Å²) in [6.07, 6.45) is 5.46. The molecule has 1 atom stereocenters. The maximum atomic E-state index is 12.3. The van der Waals surface area contributed by atoms with Gasteiger partial charge in [0.05, 0.1) is 0 Å². The molecule has 5 aliphatic rings. The van der Waals surface area contributed by atoms with Gasteiger partial charge in [-0.3, -0.25) is 4.79 Å². The Morgan fingerprint density at radius 1 is 1.11 bits per heavy atom.